The van der Waals surface area contributed by atoms with Crippen molar-refractivity contribution in [2.75, 3.05) is 0 Å². The van der Waals surface area contributed by atoms with Crippen LogP contribution in [0.15, 0.2) is 59.4 Å². The zero-order valence-electron chi connectivity index (χ0n) is 29.7. The van der Waals surface area contributed by atoms with E-state index in [0.717, 1.165) is 31.3 Å². The van der Waals surface area contributed by atoms with Crippen LogP contribution in [-0.2, 0) is 23.8 Å². The number of allylic oxidation sites excluding steroid dienone is 5. The van der Waals surface area contributed by atoms with Crippen molar-refractivity contribution < 1.29 is 34.0 Å². The van der Waals surface area contributed by atoms with Gasteiger partial charge in [-0.1, -0.05) is 76.6 Å². The first kappa shape index (κ1) is 36.4. The van der Waals surface area contributed by atoms with Crippen LogP contribution in [-0.4, -0.2) is 51.2 Å². The van der Waals surface area contributed by atoms with Crippen molar-refractivity contribution >= 4 is 11.9 Å². The summed E-state index contributed by atoms with van der Waals surface area (Å²) in [5, 5.41) is 21.5. The van der Waals surface area contributed by atoms with Gasteiger partial charge in [-0.3, -0.25) is 9.59 Å². The Balaban J connectivity index is 1.21. The fraction of sp³-hybridized carbons (Fsp3) is 0.692. The van der Waals surface area contributed by atoms with Gasteiger partial charge < -0.3 is 24.4 Å². The first-order valence-corrected chi connectivity index (χ1v) is 17.2. The summed E-state index contributed by atoms with van der Waals surface area (Å²) in [6.07, 6.45) is 20.9. The topological polar surface area (TPSA) is 106 Å². The number of esters is 2. The van der Waals surface area contributed by atoms with Crippen LogP contribution in [0.25, 0.3) is 0 Å². The number of aliphatic hydroxyl groups excluding tert-OH is 1. The van der Waals surface area contributed by atoms with Crippen molar-refractivity contribution in [3.63, 3.8) is 0 Å². The molecule has 4 aliphatic rings. The molecule has 1 saturated heterocycles. The second-order valence-electron chi connectivity index (χ2n) is 16.2. The van der Waals surface area contributed by atoms with Gasteiger partial charge in [0.25, 0.3) is 0 Å². The molecular formula is C39H58O7. The first-order chi connectivity index (χ1) is 21.3. The molecule has 2 aliphatic carbocycles. The molecule has 2 unspecified atom stereocenters. The highest BCUT2D eigenvalue weighted by atomic mass is 16.6. The minimum Gasteiger partial charge on any atom is -0.462 e. The molecule has 256 valence electrons. The molecule has 0 amide bonds. The van der Waals surface area contributed by atoms with Crippen LogP contribution in [0.5, 0.6) is 0 Å². The number of carbonyl (C=O) groups is 2. The van der Waals surface area contributed by atoms with Crippen molar-refractivity contribution in [1.82, 2.24) is 0 Å². The number of epoxide rings is 1. The molecule has 0 radical (unpaired) electrons. The lowest BCUT2D eigenvalue weighted by Gasteiger charge is -2.46. The van der Waals surface area contributed by atoms with Gasteiger partial charge >= 0.3 is 11.9 Å². The fourth-order valence-electron chi connectivity index (χ4n) is 8.53. The van der Waals surface area contributed by atoms with Crippen LogP contribution >= 0.6 is 0 Å². The summed E-state index contributed by atoms with van der Waals surface area (Å²) in [4.78, 5) is 24.1. The third-order valence-corrected chi connectivity index (χ3v) is 10.6. The maximum atomic E-state index is 12.6. The molecule has 7 nitrogen and oxygen atoms in total. The molecule has 3 fully saturated rings. The van der Waals surface area contributed by atoms with E-state index in [1.165, 1.54) is 12.5 Å². The van der Waals surface area contributed by atoms with E-state index < -0.39 is 22.7 Å². The van der Waals surface area contributed by atoms with Crippen LogP contribution in [0.4, 0.5) is 0 Å². The van der Waals surface area contributed by atoms with Gasteiger partial charge in [0.15, 0.2) is 0 Å². The van der Waals surface area contributed by atoms with Crippen LogP contribution < -0.4 is 0 Å². The molecule has 2 aliphatic heterocycles. The maximum absolute atomic E-state index is 12.6. The van der Waals surface area contributed by atoms with E-state index in [1.54, 1.807) is 0 Å². The third-order valence-electron chi connectivity index (χ3n) is 10.6. The molecule has 2 heterocycles. The molecule has 2 N–H and O–H groups in total. The Morgan fingerprint density at radius 3 is 2.41 bits per heavy atom. The van der Waals surface area contributed by atoms with E-state index in [1.807, 2.05) is 32.1 Å². The van der Waals surface area contributed by atoms with Crippen LogP contribution in [0, 0.1) is 22.7 Å². The minimum atomic E-state index is -0.989. The van der Waals surface area contributed by atoms with Gasteiger partial charge in [-0.15, -0.1) is 0 Å². The third kappa shape index (κ3) is 8.14. The molecule has 0 aromatic carbocycles. The number of aliphatic hydroxyl groups is 2. The summed E-state index contributed by atoms with van der Waals surface area (Å²) in [5.74, 6) is 0.181. The first-order valence-electron chi connectivity index (χ1n) is 17.2. The molecule has 46 heavy (non-hydrogen) atoms. The van der Waals surface area contributed by atoms with Crippen molar-refractivity contribution in [3.05, 3.63) is 59.4 Å². The molecule has 7 atom stereocenters. The SMILES string of the molecule is CC(=O)O[C@H]1CC(C)(C)C(=CCC(C)C/C=C/CC/C=C(\C)CC2=CC(/C=C/[C@@]34O[C@]3(C)C[C@@H](O)CC4(C)C)C(=O)O2)[C@](C)(O)C1. The standard InChI is InChI=1S/C39H58O7/c1-26(16-17-33-35(4,5)24-32(44-28(3)40)25-37(33,8)43)14-12-10-11-13-15-27(2)20-31-21-29(34(42)45-31)18-19-39-36(6,7)22-30(41)23-38(39,9)46-39/h10,12,15,17-19,21,26,29-30,32,41,43H,11,13-14,16,20,22-25H2,1-9H3/b12-10+,19-18+,27-15+,33-17?/t26?,29?,30-,32-,37+,38+,39-/m0/s1. The summed E-state index contributed by atoms with van der Waals surface area (Å²) in [5.41, 5.74) is -0.0852. The predicted molar refractivity (Wildman–Crippen MR) is 180 cm³/mol. The quantitative estimate of drug-likeness (QED) is 0.0972. The molecule has 7 heteroatoms. The number of hydrogen-bond acceptors (Lipinski definition) is 7. The Morgan fingerprint density at radius 1 is 1.04 bits per heavy atom. The number of fused-ring (bicyclic) bond motifs is 1. The summed E-state index contributed by atoms with van der Waals surface area (Å²) in [6, 6.07) is 0. The Bertz CT molecular complexity index is 1290. The maximum Gasteiger partial charge on any atom is 0.321 e. The molecule has 2 saturated carbocycles. The van der Waals surface area contributed by atoms with Gasteiger partial charge in [-0.2, -0.15) is 0 Å². The van der Waals surface area contributed by atoms with E-state index >= 15 is 0 Å². The largest absolute Gasteiger partial charge is 0.462 e. The van der Waals surface area contributed by atoms with Crippen LogP contribution in [0.1, 0.15) is 120 Å². The lowest BCUT2D eigenvalue weighted by Crippen LogP contribution is -2.46. The van der Waals surface area contributed by atoms with E-state index in [4.69, 9.17) is 14.2 Å². The van der Waals surface area contributed by atoms with Crippen molar-refractivity contribution in [2.45, 2.75) is 149 Å². The molecule has 0 bridgehead atoms. The summed E-state index contributed by atoms with van der Waals surface area (Å²) in [7, 11) is 0. The lowest BCUT2D eigenvalue weighted by molar-refractivity contribution is -0.152. The highest BCUT2D eigenvalue weighted by molar-refractivity contribution is 5.80. The Labute approximate surface area is 276 Å². The Kier molecular flexibility index (Phi) is 10.7. The summed E-state index contributed by atoms with van der Waals surface area (Å²) in [6.45, 7) is 18.1. The summed E-state index contributed by atoms with van der Waals surface area (Å²) < 4.78 is 17.3. The number of carbonyl (C=O) groups excluding carboxylic acids is 2. The second kappa shape index (κ2) is 13.6. The van der Waals surface area contributed by atoms with Gasteiger partial charge in [-0.05, 0) is 82.3 Å². The van der Waals surface area contributed by atoms with Crippen molar-refractivity contribution in [3.8, 4) is 0 Å². The highest BCUT2D eigenvalue weighted by Gasteiger charge is 2.74. The highest BCUT2D eigenvalue weighted by Crippen LogP contribution is 2.66. The molecular weight excluding hydrogens is 580 g/mol. The van der Waals surface area contributed by atoms with Gasteiger partial charge in [-0.25, -0.2) is 0 Å². The van der Waals surface area contributed by atoms with Crippen LogP contribution in [0.2, 0.25) is 0 Å². The van der Waals surface area contributed by atoms with Gasteiger partial charge in [0.05, 0.1) is 17.6 Å². The zero-order chi connectivity index (χ0) is 34.1. The number of ether oxygens (including phenoxy) is 3. The van der Waals surface area contributed by atoms with Gasteiger partial charge in [0, 0.05) is 31.6 Å². The van der Waals surface area contributed by atoms with E-state index in [9.17, 15) is 19.8 Å². The minimum absolute atomic E-state index is 0.221. The average Bonchev–Trinajstić information content (AvgIpc) is 3.36. The normalized spacial score (nSPS) is 36.9. The lowest BCUT2D eigenvalue weighted by atomic mass is 9.63. The van der Waals surface area contributed by atoms with E-state index in [0.29, 0.717) is 43.8 Å². The van der Waals surface area contributed by atoms with Gasteiger partial charge in [0.1, 0.15) is 23.1 Å². The van der Waals surface area contributed by atoms with Gasteiger partial charge in [0.2, 0.25) is 0 Å². The molecule has 0 aromatic rings. The Hall–Kier alpha value is -2.48. The molecule has 0 spiro atoms. The second-order valence-corrected chi connectivity index (χ2v) is 16.2. The zero-order valence-corrected chi connectivity index (χ0v) is 29.7. The predicted octanol–water partition coefficient (Wildman–Crippen LogP) is 7.83. The molecule has 4 rings (SSSR count). The fourth-order valence-corrected chi connectivity index (χ4v) is 8.53. The monoisotopic (exact) mass is 638 g/mol. The van der Waals surface area contributed by atoms with E-state index in [2.05, 4.69) is 65.8 Å². The van der Waals surface area contributed by atoms with Crippen LogP contribution in [0.3, 0.4) is 0 Å². The Morgan fingerprint density at radius 2 is 1.76 bits per heavy atom. The average molecular weight is 639 g/mol. The smallest absolute Gasteiger partial charge is 0.321 e. The number of cyclic esters (lactones) is 1. The van der Waals surface area contributed by atoms with Crippen molar-refractivity contribution in [2.24, 2.45) is 22.7 Å². The number of unbranched alkanes of at least 4 members (excludes halogenated alkanes) is 1. The van der Waals surface area contributed by atoms with Crippen molar-refractivity contribution in [1.29, 1.82) is 0 Å². The summed E-state index contributed by atoms with van der Waals surface area (Å²) >= 11 is 0. The van der Waals surface area contributed by atoms with E-state index in [-0.39, 0.29) is 35.0 Å². The molecule has 0 aromatic heterocycles. The number of hydrogen-bond donors (Lipinski definition) is 2. The number of rotatable bonds is 12.